The van der Waals surface area contributed by atoms with Gasteiger partial charge in [-0.15, -0.1) is 0 Å². The van der Waals surface area contributed by atoms with Crippen LogP contribution in [0.5, 0.6) is 0 Å². The topological polar surface area (TPSA) is 68.7 Å². The normalized spacial score (nSPS) is 12.0. The van der Waals surface area contributed by atoms with E-state index in [-0.39, 0.29) is 16.6 Å². The number of ether oxygens (including phenoxy) is 2. The van der Waals surface area contributed by atoms with E-state index in [0.717, 1.165) is 0 Å². The number of nitrogens with zero attached hydrogens (tertiary/aromatic N) is 2. The second-order valence-corrected chi connectivity index (χ2v) is 6.30. The molecule has 0 saturated carbocycles. The Hall–Kier alpha value is -0.730. The molecule has 1 aromatic heterocycles. The molecule has 20 heavy (non-hydrogen) atoms. The van der Waals surface area contributed by atoms with E-state index in [4.69, 9.17) is 21.1 Å². The molecule has 0 aliphatic carbocycles. The highest BCUT2D eigenvalue weighted by Crippen LogP contribution is 2.22. The maximum absolute atomic E-state index is 12.6. The van der Waals surface area contributed by atoms with Gasteiger partial charge in [-0.05, 0) is 18.6 Å². The molecule has 8 heteroatoms. The van der Waals surface area contributed by atoms with E-state index < -0.39 is 10.0 Å². The average molecular weight is 323 g/mol. The monoisotopic (exact) mass is 322 g/mol. The van der Waals surface area contributed by atoms with E-state index in [1.807, 2.05) is 0 Å². The van der Waals surface area contributed by atoms with Gasteiger partial charge in [0.2, 0.25) is 10.0 Å². The fourth-order valence-electron chi connectivity index (χ4n) is 1.63. The maximum Gasteiger partial charge on any atom is 0.246 e. The fourth-order valence-corrected chi connectivity index (χ4v) is 3.52. The first-order valence-electron chi connectivity index (χ1n) is 6.12. The van der Waals surface area contributed by atoms with Crippen LogP contribution in [-0.4, -0.2) is 58.2 Å². The number of halogens is 1. The molecule has 0 radical (unpaired) electrons. The molecule has 0 bridgehead atoms. The standard InChI is InChI=1S/C12H19ClN2O4S/c1-18-9-4-7-15(8-10-19-2)20(16,17)11-5-3-6-14-12(11)13/h3,5-6H,4,7-10H2,1-2H3. The Balaban J connectivity index is 2.95. The highest BCUT2D eigenvalue weighted by Gasteiger charge is 2.26. The van der Waals surface area contributed by atoms with Crippen molar-refractivity contribution < 1.29 is 17.9 Å². The fraction of sp³-hybridized carbons (Fsp3) is 0.583. The lowest BCUT2D eigenvalue weighted by atomic mass is 10.4. The lowest BCUT2D eigenvalue weighted by Gasteiger charge is -2.22. The SMILES string of the molecule is COCCCN(CCOC)S(=O)(=O)c1cccnc1Cl. The van der Waals surface area contributed by atoms with E-state index >= 15 is 0 Å². The molecule has 0 amide bonds. The Labute approximate surface area is 124 Å². The van der Waals surface area contributed by atoms with E-state index in [1.165, 1.54) is 23.7 Å². The van der Waals surface area contributed by atoms with Gasteiger partial charge in [0.05, 0.1) is 6.61 Å². The number of hydrogen-bond acceptors (Lipinski definition) is 5. The van der Waals surface area contributed by atoms with Crippen LogP contribution in [0.25, 0.3) is 0 Å². The zero-order valence-corrected chi connectivity index (χ0v) is 13.2. The van der Waals surface area contributed by atoms with Gasteiger partial charge < -0.3 is 9.47 Å². The minimum atomic E-state index is -3.68. The van der Waals surface area contributed by atoms with E-state index in [1.54, 1.807) is 13.2 Å². The van der Waals surface area contributed by atoms with Crippen molar-refractivity contribution in [2.75, 3.05) is 40.5 Å². The molecule has 6 nitrogen and oxygen atoms in total. The van der Waals surface area contributed by atoms with Gasteiger partial charge in [-0.1, -0.05) is 11.6 Å². The van der Waals surface area contributed by atoms with Crippen molar-refractivity contribution in [3.8, 4) is 0 Å². The number of pyridine rings is 1. The van der Waals surface area contributed by atoms with Crippen molar-refractivity contribution in [2.45, 2.75) is 11.3 Å². The Kier molecular flexibility index (Phi) is 7.39. The van der Waals surface area contributed by atoms with E-state index in [0.29, 0.717) is 26.2 Å². The van der Waals surface area contributed by atoms with Gasteiger partial charge in [0, 0.05) is 40.1 Å². The van der Waals surface area contributed by atoms with Gasteiger partial charge in [-0.25, -0.2) is 13.4 Å². The summed E-state index contributed by atoms with van der Waals surface area (Å²) in [6, 6.07) is 2.99. The molecule has 0 unspecified atom stereocenters. The first kappa shape index (κ1) is 17.3. The zero-order valence-electron chi connectivity index (χ0n) is 11.6. The first-order chi connectivity index (χ1) is 9.54. The van der Waals surface area contributed by atoms with Crippen LogP contribution in [0.15, 0.2) is 23.2 Å². The Morgan fingerprint density at radius 2 is 1.95 bits per heavy atom. The lowest BCUT2D eigenvalue weighted by Crippen LogP contribution is -2.35. The highest BCUT2D eigenvalue weighted by atomic mass is 35.5. The molecule has 0 spiro atoms. The van der Waals surface area contributed by atoms with Gasteiger partial charge in [0.1, 0.15) is 10.0 Å². The predicted octanol–water partition coefficient (Wildman–Crippen LogP) is 1.41. The summed E-state index contributed by atoms with van der Waals surface area (Å²) in [4.78, 5) is 3.82. The van der Waals surface area contributed by atoms with Crippen molar-refractivity contribution in [1.82, 2.24) is 9.29 Å². The van der Waals surface area contributed by atoms with Crippen LogP contribution in [0.2, 0.25) is 5.15 Å². The minimum Gasteiger partial charge on any atom is -0.385 e. The van der Waals surface area contributed by atoms with Crippen LogP contribution >= 0.6 is 11.6 Å². The number of aromatic nitrogens is 1. The molecule has 1 rings (SSSR count). The molecule has 0 atom stereocenters. The summed E-state index contributed by atoms with van der Waals surface area (Å²) < 4.78 is 36.4. The van der Waals surface area contributed by atoms with Crippen molar-refractivity contribution >= 4 is 21.6 Å². The first-order valence-corrected chi connectivity index (χ1v) is 7.94. The Morgan fingerprint density at radius 3 is 2.55 bits per heavy atom. The molecule has 1 heterocycles. The summed E-state index contributed by atoms with van der Waals surface area (Å²) in [5.41, 5.74) is 0. The third-order valence-corrected chi connectivity index (χ3v) is 4.99. The van der Waals surface area contributed by atoms with Gasteiger partial charge in [-0.3, -0.25) is 0 Å². The van der Waals surface area contributed by atoms with Crippen LogP contribution in [0.3, 0.4) is 0 Å². The molecule has 0 N–H and O–H groups in total. The third kappa shape index (κ3) is 4.68. The number of methoxy groups -OCH3 is 2. The van der Waals surface area contributed by atoms with Crippen molar-refractivity contribution in [3.63, 3.8) is 0 Å². The number of rotatable bonds is 9. The smallest absolute Gasteiger partial charge is 0.246 e. The molecular weight excluding hydrogens is 304 g/mol. The number of sulfonamides is 1. The maximum atomic E-state index is 12.6. The summed E-state index contributed by atoms with van der Waals surface area (Å²) in [6.07, 6.45) is 2.04. The largest absolute Gasteiger partial charge is 0.385 e. The van der Waals surface area contributed by atoms with Gasteiger partial charge in [0.25, 0.3) is 0 Å². The molecule has 0 aliphatic heterocycles. The summed E-state index contributed by atoms with van der Waals surface area (Å²) in [5.74, 6) is 0. The minimum absolute atomic E-state index is 0.00943. The van der Waals surface area contributed by atoms with Gasteiger partial charge in [0.15, 0.2) is 0 Å². The van der Waals surface area contributed by atoms with Crippen molar-refractivity contribution in [3.05, 3.63) is 23.5 Å². The molecule has 1 aromatic rings. The Morgan fingerprint density at radius 1 is 1.25 bits per heavy atom. The molecule has 0 aliphatic rings. The molecule has 0 saturated heterocycles. The lowest BCUT2D eigenvalue weighted by molar-refractivity contribution is 0.164. The average Bonchev–Trinajstić information content (AvgIpc) is 2.42. The highest BCUT2D eigenvalue weighted by molar-refractivity contribution is 7.89. The summed E-state index contributed by atoms with van der Waals surface area (Å²) in [7, 11) is -0.581. The van der Waals surface area contributed by atoms with Crippen LogP contribution in [0.4, 0.5) is 0 Å². The van der Waals surface area contributed by atoms with Crippen molar-refractivity contribution in [1.29, 1.82) is 0 Å². The third-order valence-electron chi connectivity index (χ3n) is 2.64. The van der Waals surface area contributed by atoms with Crippen molar-refractivity contribution in [2.24, 2.45) is 0 Å². The molecular formula is C12H19ClN2O4S. The van der Waals surface area contributed by atoms with Crippen LogP contribution in [0, 0.1) is 0 Å². The summed E-state index contributed by atoms with van der Waals surface area (Å²) >= 11 is 5.88. The van der Waals surface area contributed by atoms with E-state index in [2.05, 4.69) is 4.98 Å². The summed E-state index contributed by atoms with van der Waals surface area (Å²) in [6.45, 7) is 1.39. The van der Waals surface area contributed by atoms with Crippen LogP contribution in [-0.2, 0) is 19.5 Å². The predicted molar refractivity (Wildman–Crippen MR) is 76.4 cm³/mol. The van der Waals surface area contributed by atoms with Gasteiger partial charge >= 0.3 is 0 Å². The second kappa shape index (κ2) is 8.53. The second-order valence-electron chi connectivity index (χ2n) is 4.04. The molecule has 0 aromatic carbocycles. The molecule has 0 fully saturated rings. The Bertz CT molecular complexity index is 510. The molecule has 114 valence electrons. The van der Waals surface area contributed by atoms with Crippen LogP contribution in [0.1, 0.15) is 6.42 Å². The van der Waals surface area contributed by atoms with Gasteiger partial charge in [-0.2, -0.15) is 4.31 Å². The number of hydrogen-bond donors (Lipinski definition) is 0. The quantitative estimate of drug-likeness (QED) is 0.508. The zero-order chi connectivity index (χ0) is 15.0. The van der Waals surface area contributed by atoms with E-state index in [9.17, 15) is 8.42 Å². The summed E-state index contributed by atoms with van der Waals surface area (Å²) in [5, 5.41) is -0.0262. The van der Waals surface area contributed by atoms with Crippen LogP contribution < -0.4 is 0 Å².